The molecule has 0 spiro atoms. The van der Waals surface area contributed by atoms with E-state index < -0.39 is 0 Å². The number of carbonyl (C=O) groups excluding carboxylic acids is 2. The molecule has 23 heavy (non-hydrogen) atoms. The van der Waals surface area contributed by atoms with Crippen LogP contribution in [0, 0.1) is 11.3 Å². The van der Waals surface area contributed by atoms with E-state index in [4.69, 9.17) is 10.4 Å². The number of unbranched alkanes of at least 4 members (excludes halogenated alkanes) is 3. The Balaban J connectivity index is -0.0000000606. The molecule has 140 valence electrons. The van der Waals surface area contributed by atoms with Crippen LogP contribution in [0.4, 0.5) is 0 Å². The number of aliphatic hydroxyl groups is 1. The van der Waals surface area contributed by atoms with E-state index in [0.717, 1.165) is 0 Å². The number of ketones is 1. The normalized spacial score (nSPS) is 7.13. The van der Waals surface area contributed by atoms with Crippen molar-refractivity contribution in [3.8, 4) is 6.07 Å². The molecule has 0 saturated heterocycles. The highest BCUT2D eigenvalue weighted by Crippen LogP contribution is 1.95. The van der Waals surface area contributed by atoms with Crippen molar-refractivity contribution in [2.45, 2.75) is 87.5 Å². The number of nitrogens with zero attached hydrogens (tertiary/aromatic N) is 1. The number of ether oxygens (including phenoxy) is 1. The molecule has 0 heterocycles. The molecule has 5 heteroatoms. The van der Waals surface area contributed by atoms with Crippen LogP contribution in [0.1, 0.15) is 87.5 Å². The van der Waals surface area contributed by atoms with Crippen molar-refractivity contribution in [3.63, 3.8) is 0 Å². The molecular formula is C18H39NO4. The Hall–Kier alpha value is -1.41. The molecule has 0 aliphatic heterocycles. The number of hydrogen-bond acceptors (Lipinski definition) is 5. The van der Waals surface area contributed by atoms with E-state index in [1.165, 1.54) is 39.5 Å². The zero-order valence-electron chi connectivity index (χ0n) is 16.6. The Bertz CT molecular complexity index is 244. The van der Waals surface area contributed by atoms with Crippen molar-refractivity contribution in [1.29, 1.82) is 5.26 Å². The fraction of sp³-hybridized carbons (Fsp3) is 0.833. The molecule has 0 radical (unpaired) electrons. The largest absolute Gasteiger partial charge is 0.466 e. The standard InChI is InChI=1S/C6H14.C4H8O2.C4H8O.C2H3N.C2H6O/c1-3-5-6-4-2;1-3-6-4(2)5;1-3-4(2)5;2*1-2-3/h3-6H2,1-2H3;3H2,1-2H3;3H2,1-2H3;1H3;3H,2H2,1H3. The van der Waals surface area contributed by atoms with Crippen molar-refractivity contribution in [1.82, 2.24) is 0 Å². The van der Waals surface area contributed by atoms with Gasteiger partial charge in [-0.3, -0.25) is 4.79 Å². The van der Waals surface area contributed by atoms with Gasteiger partial charge in [-0.25, -0.2) is 0 Å². The van der Waals surface area contributed by atoms with E-state index >= 15 is 0 Å². The quantitative estimate of drug-likeness (QED) is 0.583. The van der Waals surface area contributed by atoms with Crippen LogP contribution in [0.15, 0.2) is 0 Å². The van der Waals surface area contributed by atoms with Gasteiger partial charge in [-0.15, -0.1) is 0 Å². The molecule has 1 N–H and O–H groups in total. The molecule has 5 nitrogen and oxygen atoms in total. The number of hydrogen-bond donors (Lipinski definition) is 1. The number of carbonyl (C=O) groups is 2. The summed E-state index contributed by atoms with van der Waals surface area (Å²) >= 11 is 0. The van der Waals surface area contributed by atoms with Crippen molar-refractivity contribution in [2.24, 2.45) is 0 Å². The van der Waals surface area contributed by atoms with Gasteiger partial charge in [-0.1, -0.05) is 46.5 Å². The monoisotopic (exact) mass is 333 g/mol. The zero-order valence-corrected chi connectivity index (χ0v) is 16.6. The van der Waals surface area contributed by atoms with Gasteiger partial charge in [-0.2, -0.15) is 5.26 Å². The lowest BCUT2D eigenvalue weighted by molar-refractivity contribution is -0.140. The van der Waals surface area contributed by atoms with Crippen molar-refractivity contribution in [2.75, 3.05) is 13.2 Å². The van der Waals surface area contributed by atoms with E-state index in [-0.39, 0.29) is 18.4 Å². The van der Waals surface area contributed by atoms with Crippen LogP contribution in [-0.2, 0) is 14.3 Å². The predicted molar refractivity (Wildman–Crippen MR) is 97.1 cm³/mol. The molecule has 0 aromatic rings. The maximum atomic E-state index is 9.82. The molecule has 0 saturated carbocycles. The molecule has 0 unspecified atom stereocenters. The van der Waals surface area contributed by atoms with E-state index in [2.05, 4.69) is 18.6 Å². The minimum Gasteiger partial charge on any atom is -0.466 e. The highest BCUT2D eigenvalue weighted by atomic mass is 16.5. The fourth-order valence-electron chi connectivity index (χ4n) is 0.703. The van der Waals surface area contributed by atoms with Gasteiger partial charge in [0.1, 0.15) is 5.78 Å². The number of aliphatic hydroxyl groups excluding tert-OH is 1. The molecule has 0 atom stereocenters. The summed E-state index contributed by atoms with van der Waals surface area (Å²) in [6.07, 6.45) is 6.20. The lowest BCUT2D eigenvalue weighted by Crippen LogP contribution is -1.95. The van der Waals surface area contributed by atoms with E-state index in [1.54, 1.807) is 26.8 Å². The first-order chi connectivity index (χ1) is 10.8. The van der Waals surface area contributed by atoms with E-state index in [0.29, 0.717) is 13.0 Å². The Morgan fingerprint density at radius 2 is 1.26 bits per heavy atom. The first-order valence-corrected chi connectivity index (χ1v) is 8.33. The average molecular weight is 334 g/mol. The van der Waals surface area contributed by atoms with Gasteiger partial charge in [0.2, 0.25) is 0 Å². The van der Waals surface area contributed by atoms with Crippen LogP contribution < -0.4 is 0 Å². The second-order valence-electron chi connectivity index (χ2n) is 4.23. The van der Waals surface area contributed by atoms with Crippen molar-refractivity contribution in [3.05, 3.63) is 0 Å². The van der Waals surface area contributed by atoms with Crippen LogP contribution in [0.2, 0.25) is 0 Å². The predicted octanol–water partition coefficient (Wildman–Crippen LogP) is 4.67. The van der Waals surface area contributed by atoms with Crippen molar-refractivity contribution >= 4 is 11.8 Å². The third-order valence-corrected chi connectivity index (χ3v) is 1.80. The highest BCUT2D eigenvalue weighted by molar-refractivity contribution is 5.74. The van der Waals surface area contributed by atoms with Gasteiger partial charge < -0.3 is 14.6 Å². The van der Waals surface area contributed by atoms with Crippen LogP contribution in [0.5, 0.6) is 0 Å². The smallest absolute Gasteiger partial charge is 0.302 e. The summed E-state index contributed by atoms with van der Waals surface area (Å²) in [5.74, 6) is 0.0440. The molecule has 0 amide bonds. The third-order valence-electron chi connectivity index (χ3n) is 1.80. The minimum atomic E-state index is -0.211. The topological polar surface area (TPSA) is 87.4 Å². The maximum Gasteiger partial charge on any atom is 0.302 e. The Kier molecular flexibility index (Phi) is 61.9. The maximum absolute atomic E-state index is 9.82. The number of Topliss-reactive ketones (excluding diaryl/α,β-unsaturated/α-hetero) is 1. The lowest BCUT2D eigenvalue weighted by Gasteiger charge is -1.89. The Morgan fingerprint density at radius 3 is 1.30 bits per heavy atom. The molecule has 0 aliphatic carbocycles. The van der Waals surface area contributed by atoms with Crippen LogP contribution >= 0.6 is 0 Å². The lowest BCUT2D eigenvalue weighted by atomic mass is 10.2. The highest BCUT2D eigenvalue weighted by Gasteiger charge is 1.81. The summed E-state index contributed by atoms with van der Waals surface area (Å²) in [5, 5.41) is 14.9. The Labute approximate surface area is 144 Å². The first-order valence-electron chi connectivity index (χ1n) is 8.33. The average Bonchev–Trinajstić information content (AvgIpc) is 2.48. The van der Waals surface area contributed by atoms with Gasteiger partial charge in [-0.05, 0) is 20.8 Å². The minimum absolute atomic E-state index is 0.211. The zero-order chi connectivity index (χ0) is 19.5. The van der Waals surface area contributed by atoms with Crippen LogP contribution in [0.3, 0.4) is 0 Å². The van der Waals surface area contributed by atoms with Gasteiger partial charge in [0.25, 0.3) is 0 Å². The molecule has 0 rings (SSSR count). The van der Waals surface area contributed by atoms with E-state index in [1.807, 2.05) is 6.92 Å². The first kappa shape index (κ1) is 33.3. The van der Waals surface area contributed by atoms with Gasteiger partial charge >= 0.3 is 5.97 Å². The third kappa shape index (κ3) is 164. The summed E-state index contributed by atoms with van der Waals surface area (Å²) in [6, 6.07) is 1.75. The summed E-state index contributed by atoms with van der Waals surface area (Å²) < 4.78 is 4.40. The van der Waals surface area contributed by atoms with E-state index in [9.17, 15) is 9.59 Å². The van der Waals surface area contributed by atoms with Crippen molar-refractivity contribution < 1.29 is 19.4 Å². The number of nitriles is 1. The molecule has 0 aliphatic rings. The SMILES string of the molecule is CC#N.CCC(C)=O.CCCCCC.CCO.CCOC(C)=O. The number of rotatable bonds is 5. The summed E-state index contributed by atoms with van der Waals surface area (Å²) in [6.45, 7) is 14.9. The molecule has 0 aromatic heterocycles. The summed E-state index contributed by atoms with van der Waals surface area (Å²) in [4.78, 5) is 19.6. The molecular weight excluding hydrogens is 294 g/mol. The number of esters is 1. The summed E-state index contributed by atoms with van der Waals surface area (Å²) in [5.41, 5.74) is 0. The van der Waals surface area contributed by atoms with Crippen LogP contribution in [-0.4, -0.2) is 30.1 Å². The molecule has 0 fully saturated rings. The Morgan fingerprint density at radius 1 is 1.00 bits per heavy atom. The van der Waals surface area contributed by atoms with Crippen LogP contribution in [0.25, 0.3) is 0 Å². The molecule has 0 bridgehead atoms. The fourth-order valence-corrected chi connectivity index (χ4v) is 0.703. The van der Waals surface area contributed by atoms with Gasteiger partial charge in [0.05, 0.1) is 12.7 Å². The second kappa shape index (κ2) is 42.8. The second-order valence-corrected chi connectivity index (χ2v) is 4.23. The molecule has 0 aromatic carbocycles. The van der Waals surface area contributed by atoms with Gasteiger partial charge in [0.15, 0.2) is 0 Å². The van der Waals surface area contributed by atoms with Gasteiger partial charge in [0, 0.05) is 26.9 Å². The summed E-state index contributed by atoms with van der Waals surface area (Å²) in [7, 11) is 0.